The van der Waals surface area contributed by atoms with Crippen molar-refractivity contribution in [3.05, 3.63) is 54.7 Å². The Balaban J connectivity index is 1.41. The molecule has 29 heavy (non-hydrogen) atoms. The molecular weight excluding hydrogens is 360 g/mol. The highest BCUT2D eigenvalue weighted by molar-refractivity contribution is 6.09. The minimum absolute atomic E-state index is 0.165. The summed E-state index contributed by atoms with van der Waals surface area (Å²) in [5, 5.41) is 9.34. The number of rotatable bonds is 4. The molecule has 0 saturated heterocycles. The quantitative estimate of drug-likeness (QED) is 0.479. The molecule has 0 amide bonds. The zero-order chi connectivity index (χ0) is 19.8. The smallest absolute Gasteiger partial charge is 0.224 e. The van der Waals surface area contributed by atoms with Gasteiger partial charge in [-0.25, -0.2) is 4.98 Å². The molecule has 1 fully saturated rings. The molecule has 0 radical (unpaired) electrons. The van der Waals surface area contributed by atoms with E-state index in [2.05, 4.69) is 74.7 Å². The van der Waals surface area contributed by atoms with Crippen molar-refractivity contribution in [2.45, 2.75) is 37.8 Å². The lowest BCUT2D eigenvalue weighted by Gasteiger charge is -2.29. The van der Waals surface area contributed by atoms with E-state index in [9.17, 15) is 0 Å². The molecule has 1 saturated carbocycles. The van der Waals surface area contributed by atoms with Crippen molar-refractivity contribution in [1.82, 2.24) is 14.5 Å². The van der Waals surface area contributed by atoms with Gasteiger partial charge in [0, 0.05) is 52.8 Å². The maximum absolute atomic E-state index is 6.25. The Kier molecular flexibility index (Phi) is 4.56. The molecule has 148 valence electrons. The van der Waals surface area contributed by atoms with Gasteiger partial charge in [-0.2, -0.15) is 4.98 Å². The standard InChI is InChI=1S/C23H26N6/c1-29-20-9-5-2-6-16(20)17-14-15(10-11-21(17)29)26-22-12-13-25-23(28-22)27-19-8-4-3-7-18(19)24/h2,5-6,9-14,18-19H,3-4,7-8,24H2,1H3,(H2,25,26,27,28)/t18-,19+/m0/s1. The molecule has 0 bridgehead atoms. The fourth-order valence-corrected chi connectivity index (χ4v) is 4.40. The molecule has 2 atom stereocenters. The Bertz CT molecular complexity index is 1160. The molecule has 2 aromatic carbocycles. The number of fused-ring (bicyclic) bond motifs is 3. The van der Waals surface area contributed by atoms with Crippen LogP contribution in [0.25, 0.3) is 21.8 Å². The second-order valence-electron chi connectivity index (χ2n) is 7.90. The fraction of sp³-hybridized carbons (Fsp3) is 0.304. The maximum atomic E-state index is 6.25. The minimum atomic E-state index is 0.165. The lowest BCUT2D eigenvalue weighted by molar-refractivity contribution is 0.402. The van der Waals surface area contributed by atoms with Crippen LogP contribution in [0.1, 0.15) is 25.7 Å². The minimum Gasteiger partial charge on any atom is -0.350 e. The van der Waals surface area contributed by atoms with Crippen LogP contribution >= 0.6 is 0 Å². The Hall–Kier alpha value is -3.12. The van der Waals surface area contributed by atoms with Gasteiger partial charge in [0.05, 0.1) is 0 Å². The van der Waals surface area contributed by atoms with Crippen molar-refractivity contribution < 1.29 is 0 Å². The number of hydrogen-bond donors (Lipinski definition) is 3. The van der Waals surface area contributed by atoms with Gasteiger partial charge in [-0.15, -0.1) is 0 Å². The molecule has 5 rings (SSSR count). The van der Waals surface area contributed by atoms with Crippen LogP contribution in [0, 0.1) is 0 Å². The first-order valence-corrected chi connectivity index (χ1v) is 10.3. The monoisotopic (exact) mass is 386 g/mol. The van der Waals surface area contributed by atoms with Gasteiger partial charge in [0.15, 0.2) is 0 Å². The molecule has 2 heterocycles. The first-order chi connectivity index (χ1) is 14.2. The van der Waals surface area contributed by atoms with Gasteiger partial charge in [-0.05, 0) is 43.2 Å². The molecule has 1 aliphatic rings. The van der Waals surface area contributed by atoms with E-state index in [1.165, 1.54) is 34.6 Å². The predicted octanol–water partition coefficient (Wildman–Crippen LogP) is 4.55. The van der Waals surface area contributed by atoms with E-state index in [4.69, 9.17) is 5.73 Å². The number of nitrogens with one attached hydrogen (secondary N) is 2. The molecule has 0 spiro atoms. The molecule has 1 aliphatic carbocycles. The molecule has 6 heteroatoms. The van der Waals surface area contributed by atoms with E-state index in [0.29, 0.717) is 5.95 Å². The van der Waals surface area contributed by atoms with Crippen LogP contribution in [0.5, 0.6) is 0 Å². The second-order valence-corrected chi connectivity index (χ2v) is 7.90. The molecule has 0 aliphatic heterocycles. The summed E-state index contributed by atoms with van der Waals surface area (Å²) in [7, 11) is 2.11. The second kappa shape index (κ2) is 7.37. The number of hydrogen-bond acceptors (Lipinski definition) is 5. The SMILES string of the molecule is Cn1c2ccccc2c2cc(Nc3ccnc(N[C@@H]4CCCC[C@@H]4N)n3)ccc21. The predicted molar refractivity (Wildman–Crippen MR) is 120 cm³/mol. The third-order valence-corrected chi connectivity index (χ3v) is 5.98. The van der Waals surface area contributed by atoms with E-state index < -0.39 is 0 Å². The van der Waals surface area contributed by atoms with Crippen LogP contribution in [0.15, 0.2) is 54.7 Å². The lowest BCUT2D eigenvalue weighted by Crippen LogP contribution is -2.42. The van der Waals surface area contributed by atoms with E-state index >= 15 is 0 Å². The number of anilines is 3. The van der Waals surface area contributed by atoms with Gasteiger partial charge >= 0.3 is 0 Å². The number of aryl methyl sites for hydroxylation is 1. The zero-order valence-corrected chi connectivity index (χ0v) is 16.6. The number of nitrogens with two attached hydrogens (primary N) is 1. The van der Waals surface area contributed by atoms with Gasteiger partial charge in [0.1, 0.15) is 5.82 Å². The molecule has 0 unspecified atom stereocenters. The third kappa shape index (κ3) is 3.40. The van der Waals surface area contributed by atoms with Crippen molar-refractivity contribution >= 4 is 39.3 Å². The zero-order valence-electron chi connectivity index (χ0n) is 16.6. The lowest BCUT2D eigenvalue weighted by atomic mass is 9.91. The van der Waals surface area contributed by atoms with Crippen LogP contribution in [0.4, 0.5) is 17.5 Å². The highest BCUT2D eigenvalue weighted by atomic mass is 15.2. The Labute approximate surface area is 170 Å². The highest BCUT2D eigenvalue weighted by Gasteiger charge is 2.22. The van der Waals surface area contributed by atoms with Crippen molar-refractivity contribution in [2.24, 2.45) is 12.8 Å². The van der Waals surface area contributed by atoms with Crippen LogP contribution in [0.2, 0.25) is 0 Å². The number of benzene rings is 2. The Morgan fingerprint density at radius 2 is 1.83 bits per heavy atom. The summed E-state index contributed by atoms with van der Waals surface area (Å²) >= 11 is 0. The average Bonchev–Trinajstić information content (AvgIpc) is 3.02. The summed E-state index contributed by atoms with van der Waals surface area (Å²) in [5.74, 6) is 1.40. The number of nitrogens with zero attached hydrogens (tertiary/aromatic N) is 3. The molecular formula is C23H26N6. The van der Waals surface area contributed by atoms with Crippen molar-refractivity contribution in [2.75, 3.05) is 10.6 Å². The summed E-state index contributed by atoms with van der Waals surface area (Å²) in [6, 6.07) is 17.2. The molecule has 6 nitrogen and oxygen atoms in total. The van der Waals surface area contributed by atoms with Crippen molar-refractivity contribution in [3.8, 4) is 0 Å². The summed E-state index contributed by atoms with van der Waals surface area (Å²) in [4.78, 5) is 9.03. The molecule has 4 N–H and O–H groups in total. The molecule has 2 aromatic heterocycles. The van der Waals surface area contributed by atoms with Gasteiger partial charge < -0.3 is 20.9 Å². The van der Waals surface area contributed by atoms with E-state index in [-0.39, 0.29) is 12.1 Å². The van der Waals surface area contributed by atoms with Crippen LogP contribution in [-0.4, -0.2) is 26.6 Å². The molecule has 4 aromatic rings. The van der Waals surface area contributed by atoms with Gasteiger partial charge in [0.2, 0.25) is 5.95 Å². The number of aromatic nitrogens is 3. The van der Waals surface area contributed by atoms with Gasteiger partial charge in [-0.1, -0.05) is 31.0 Å². The van der Waals surface area contributed by atoms with Crippen LogP contribution in [-0.2, 0) is 7.05 Å². The van der Waals surface area contributed by atoms with Crippen LogP contribution in [0.3, 0.4) is 0 Å². The Morgan fingerprint density at radius 1 is 1.00 bits per heavy atom. The van der Waals surface area contributed by atoms with E-state index in [0.717, 1.165) is 24.3 Å². The summed E-state index contributed by atoms with van der Waals surface area (Å²) in [5.41, 5.74) is 9.71. The summed E-state index contributed by atoms with van der Waals surface area (Å²) in [6.45, 7) is 0. The average molecular weight is 387 g/mol. The van der Waals surface area contributed by atoms with Gasteiger partial charge in [0.25, 0.3) is 0 Å². The fourth-order valence-electron chi connectivity index (χ4n) is 4.40. The highest BCUT2D eigenvalue weighted by Crippen LogP contribution is 2.31. The largest absolute Gasteiger partial charge is 0.350 e. The summed E-state index contributed by atoms with van der Waals surface area (Å²) < 4.78 is 2.23. The maximum Gasteiger partial charge on any atom is 0.224 e. The normalized spacial score (nSPS) is 19.5. The van der Waals surface area contributed by atoms with Gasteiger partial charge in [-0.3, -0.25) is 0 Å². The van der Waals surface area contributed by atoms with Crippen molar-refractivity contribution in [1.29, 1.82) is 0 Å². The number of para-hydroxylation sites is 1. The summed E-state index contributed by atoms with van der Waals surface area (Å²) in [6.07, 6.45) is 6.32. The van der Waals surface area contributed by atoms with Crippen molar-refractivity contribution in [3.63, 3.8) is 0 Å². The first kappa shape index (κ1) is 17.9. The Morgan fingerprint density at radius 3 is 2.72 bits per heavy atom. The first-order valence-electron chi connectivity index (χ1n) is 10.3. The van der Waals surface area contributed by atoms with E-state index in [1.807, 2.05) is 6.07 Å². The van der Waals surface area contributed by atoms with E-state index in [1.54, 1.807) is 6.20 Å². The third-order valence-electron chi connectivity index (χ3n) is 5.98. The topological polar surface area (TPSA) is 80.8 Å². The van der Waals surface area contributed by atoms with Crippen LogP contribution < -0.4 is 16.4 Å².